The van der Waals surface area contributed by atoms with Gasteiger partial charge in [-0.1, -0.05) is 73.7 Å². The zero-order valence-electron chi connectivity index (χ0n) is 19.5. The third-order valence-electron chi connectivity index (χ3n) is 6.20. The molecule has 0 fully saturated rings. The third-order valence-corrected chi connectivity index (χ3v) is 7.82. The molecule has 4 rings (SSSR count). The van der Waals surface area contributed by atoms with E-state index in [1.165, 1.54) is 66.2 Å². The minimum absolute atomic E-state index is 0.0904. The molecule has 182 valence electrons. The predicted molar refractivity (Wildman–Crippen MR) is 144 cm³/mol. The largest absolute Gasteiger partial charge is 0.478 e. The number of amides is 1. The van der Waals surface area contributed by atoms with Crippen molar-refractivity contribution < 1.29 is 14.7 Å². The van der Waals surface area contributed by atoms with Crippen molar-refractivity contribution in [2.45, 2.75) is 51.9 Å². The van der Waals surface area contributed by atoms with Gasteiger partial charge in [0.25, 0.3) is 5.91 Å². The van der Waals surface area contributed by atoms with Crippen molar-refractivity contribution in [3.8, 4) is 11.3 Å². The molecule has 0 radical (unpaired) electrons. The van der Waals surface area contributed by atoms with Crippen LogP contribution >= 0.6 is 34.5 Å². The van der Waals surface area contributed by atoms with Crippen LogP contribution in [0.5, 0.6) is 0 Å². The van der Waals surface area contributed by atoms with Gasteiger partial charge in [-0.15, -0.1) is 11.3 Å². The van der Waals surface area contributed by atoms with Gasteiger partial charge < -0.3 is 5.11 Å². The molecule has 1 atom stereocenters. The number of nitrogens with one attached hydrogen (secondary N) is 1. The van der Waals surface area contributed by atoms with Crippen LogP contribution in [-0.4, -0.2) is 22.0 Å². The first-order chi connectivity index (χ1) is 16.8. The number of carboxylic acids is 1. The lowest BCUT2D eigenvalue weighted by Gasteiger charge is -2.24. The lowest BCUT2D eigenvalue weighted by Crippen LogP contribution is -2.12. The third kappa shape index (κ3) is 5.61. The molecule has 35 heavy (non-hydrogen) atoms. The normalized spacial score (nSPS) is 14.9. The molecule has 2 aromatic carbocycles. The fourth-order valence-electron chi connectivity index (χ4n) is 4.36. The first-order valence-electron chi connectivity index (χ1n) is 11.6. The molecule has 1 heterocycles. The molecular formula is C27H26Cl2N2O3S. The number of fused-ring (bicyclic) bond motifs is 3. The summed E-state index contributed by atoms with van der Waals surface area (Å²) in [6, 6.07) is 11.4. The lowest BCUT2D eigenvalue weighted by molar-refractivity contribution is -0.132. The van der Waals surface area contributed by atoms with Gasteiger partial charge in [-0.2, -0.15) is 0 Å². The molecule has 0 aliphatic heterocycles. The minimum Gasteiger partial charge on any atom is -0.478 e. The molecular weight excluding hydrogens is 503 g/mol. The number of carbonyl (C=O) groups is 2. The van der Waals surface area contributed by atoms with Crippen LogP contribution in [0.15, 0.2) is 42.0 Å². The molecule has 0 bridgehead atoms. The van der Waals surface area contributed by atoms with E-state index in [1.807, 2.05) is 6.07 Å². The number of anilines is 1. The molecule has 2 N–H and O–H groups in total. The summed E-state index contributed by atoms with van der Waals surface area (Å²) in [5, 5.41) is 12.9. The quantitative estimate of drug-likeness (QED) is 0.228. The zero-order valence-corrected chi connectivity index (χ0v) is 21.9. The molecule has 1 unspecified atom stereocenters. The Balaban J connectivity index is 1.57. The zero-order chi connectivity index (χ0) is 25.1. The summed E-state index contributed by atoms with van der Waals surface area (Å²) in [4.78, 5) is 30.1. The van der Waals surface area contributed by atoms with Crippen LogP contribution in [0.1, 0.15) is 71.8 Å². The van der Waals surface area contributed by atoms with Gasteiger partial charge in [0.05, 0.1) is 15.7 Å². The minimum atomic E-state index is -1.07. The number of rotatable bonds is 8. The van der Waals surface area contributed by atoms with Crippen molar-refractivity contribution in [3.05, 3.63) is 73.6 Å². The Morgan fingerprint density at radius 3 is 2.60 bits per heavy atom. The number of nitrogens with zero attached hydrogens (tertiary/aromatic N) is 1. The van der Waals surface area contributed by atoms with E-state index < -0.39 is 5.97 Å². The van der Waals surface area contributed by atoms with Crippen molar-refractivity contribution in [2.24, 2.45) is 0 Å². The van der Waals surface area contributed by atoms with Crippen LogP contribution in [0, 0.1) is 0 Å². The van der Waals surface area contributed by atoms with Crippen LogP contribution in [0.3, 0.4) is 0 Å². The summed E-state index contributed by atoms with van der Waals surface area (Å²) in [5.74, 6) is -0.985. The summed E-state index contributed by atoms with van der Waals surface area (Å²) in [5.41, 5.74) is 4.14. The van der Waals surface area contributed by atoms with E-state index in [-0.39, 0.29) is 27.1 Å². The fourth-order valence-corrected chi connectivity index (χ4v) is 6.00. The fraction of sp³-hybridized carbons (Fsp3) is 0.296. The second kappa shape index (κ2) is 10.9. The van der Waals surface area contributed by atoms with Crippen LogP contribution in [-0.2, 0) is 11.2 Å². The maximum absolute atomic E-state index is 13.0. The monoisotopic (exact) mass is 528 g/mol. The van der Waals surface area contributed by atoms with Gasteiger partial charge in [-0.05, 0) is 49.5 Å². The summed E-state index contributed by atoms with van der Waals surface area (Å²) in [7, 11) is 0. The Morgan fingerprint density at radius 1 is 1.20 bits per heavy atom. The van der Waals surface area contributed by atoms with Crippen LogP contribution in [0.2, 0.25) is 10.0 Å². The Kier molecular flexibility index (Phi) is 7.95. The molecule has 8 heteroatoms. The molecule has 0 saturated carbocycles. The second-order valence-electron chi connectivity index (χ2n) is 8.72. The average molecular weight is 529 g/mol. The Hall–Kier alpha value is -2.67. The van der Waals surface area contributed by atoms with E-state index in [4.69, 9.17) is 33.3 Å². The molecule has 1 amide bonds. The van der Waals surface area contributed by atoms with Gasteiger partial charge in [0.15, 0.2) is 5.13 Å². The summed E-state index contributed by atoms with van der Waals surface area (Å²) < 4.78 is 0. The summed E-state index contributed by atoms with van der Waals surface area (Å²) >= 11 is 14.1. The van der Waals surface area contributed by atoms with Gasteiger partial charge in [0.1, 0.15) is 0 Å². The van der Waals surface area contributed by atoms with Gasteiger partial charge in [-0.25, -0.2) is 9.78 Å². The highest BCUT2D eigenvalue weighted by Crippen LogP contribution is 2.44. The number of hydrogen-bond acceptors (Lipinski definition) is 4. The highest BCUT2D eigenvalue weighted by molar-refractivity contribution is 7.16. The molecule has 5 nitrogen and oxygen atoms in total. The van der Waals surface area contributed by atoms with Crippen LogP contribution < -0.4 is 5.32 Å². The smallest absolute Gasteiger partial charge is 0.331 e. The van der Waals surface area contributed by atoms with E-state index in [9.17, 15) is 9.59 Å². The molecule has 3 aromatic rings. The summed E-state index contributed by atoms with van der Waals surface area (Å²) in [6.07, 6.45) is 7.07. The van der Waals surface area contributed by atoms with E-state index in [0.717, 1.165) is 24.1 Å². The number of carbonyl (C=O) groups excluding carboxylic acids is 1. The topological polar surface area (TPSA) is 79.3 Å². The van der Waals surface area contributed by atoms with Crippen molar-refractivity contribution in [2.75, 3.05) is 5.32 Å². The van der Waals surface area contributed by atoms with Crippen molar-refractivity contribution in [1.29, 1.82) is 0 Å². The number of benzene rings is 2. The number of aliphatic carboxylic acids is 1. The van der Waals surface area contributed by atoms with Crippen LogP contribution in [0.25, 0.3) is 17.3 Å². The van der Waals surface area contributed by atoms with Crippen molar-refractivity contribution >= 4 is 57.6 Å². The molecule has 0 spiro atoms. The maximum atomic E-state index is 13.0. The lowest BCUT2D eigenvalue weighted by atomic mass is 9.81. The maximum Gasteiger partial charge on any atom is 0.331 e. The summed E-state index contributed by atoms with van der Waals surface area (Å²) in [6.45, 7) is 3.67. The van der Waals surface area contributed by atoms with Crippen LogP contribution in [0.4, 0.5) is 5.13 Å². The SMILES string of the molecule is CCCCCC1Cc2sc(NC(=O)c3cc(Cl)c(/C=C(\C)C(=O)O)c(Cl)c3)nc2-c2ccccc21. The number of carboxylic acid groups (broad SMARTS) is 1. The Morgan fingerprint density at radius 2 is 1.91 bits per heavy atom. The van der Waals surface area contributed by atoms with Gasteiger partial charge >= 0.3 is 5.97 Å². The van der Waals surface area contributed by atoms with Gasteiger partial charge in [0, 0.05) is 27.1 Å². The highest BCUT2D eigenvalue weighted by Gasteiger charge is 2.28. The standard InChI is InChI=1S/C27H26Cl2N2O3S/c1-3-4-5-8-16-14-23-24(19-10-7-6-9-18(16)19)30-27(35-23)31-25(32)17-12-21(28)20(22(29)13-17)11-15(2)26(33)34/h6-7,9-13,16H,3-5,8,14H2,1-2H3,(H,33,34)(H,30,31,32)/b15-11+. The number of thiazole rings is 1. The number of aromatic nitrogens is 1. The van der Waals surface area contributed by atoms with Gasteiger partial charge in [0.2, 0.25) is 0 Å². The van der Waals surface area contributed by atoms with E-state index in [2.05, 4.69) is 30.4 Å². The van der Waals surface area contributed by atoms with Crippen molar-refractivity contribution in [3.63, 3.8) is 0 Å². The number of unbranched alkanes of at least 4 members (excludes halogenated alkanes) is 2. The van der Waals surface area contributed by atoms with Crippen molar-refractivity contribution in [1.82, 2.24) is 4.98 Å². The Labute approximate surface area is 218 Å². The Bertz CT molecular complexity index is 1290. The molecule has 1 aliphatic rings. The van der Waals surface area contributed by atoms with E-state index in [0.29, 0.717) is 16.6 Å². The number of halogens is 2. The second-order valence-corrected chi connectivity index (χ2v) is 10.6. The first kappa shape index (κ1) is 25.4. The van der Waals surface area contributed by atoms with E-state index in [1.54, 1.807) is 0 Å². The molecule has 0 saturated heterocycles. The number of hydrogen-bond donors (Lipinski definition) is 2. The molecule has 1 aromatic heterocycles. The van der Waals surface area contributed by atoms with Gasteiger partial charge in [-0.3, -0.25) is 10.1 Å². The average Bonchev–Trinajstić information content (AvgIpc) is 3.23. The molecule has 1 aliphatic carbocycles. The predicted octanol–water partition coefficient (Wildman–Crippen LogP) is 8.08. The highest BCUT2D eigenvalue weighted by atomic mass is 35.5. The van der Waals surface area contributed by atoms with E-state index >= 15 is 0 Å². The first-order valence-corrected chi connectivity index (χ1v) is 13.2.